The van der Waals surface area contributed by atoms with Crippen molar-refractivity contribution in [2.75, 3.05) is 50.2 Å². The van der Waals surface area contributed by atoms with Crippen molar-refractivity contribution in [1.29, 1.82) is 0 Å². The number of hydrogen-bond acceptors (Lipinski definition) is 4. The number of ether oxygens (including phenoxy) is 1. The van der Waals surface area contributed by atoms with Gasteiger partial charge in [-0.1, -0.05) is 0 Å². The molecule has 0 atom stereocenters. The molecular weight excluding hydrogens is 288 g/mol. The summed E-state index contributed by atoms with van der Waals surface area (Å²) in [5, 5.41) is 0. The fourth-order valence-electron chi connectivity index (χ4n) is 2.72. The highest BCUT2D eigenvalue weighted by molar-refractivity contribution is 6.09. The van der Waals surface area contributed by atoms with Crippen LogP contribution in [0.4, 0.5) is 11.4 Å². The van der Waals surface area contributed by atoms with Gasteiger partial charge >= 0.3 is 0 Å². The Hall–Kier alpha value is -2.33. The van der Waals surface area contributed by atoms with Crippen LogP contribution in [0.15, 0.2) is 48.5 Å². The molecule has 4 heteroatoms. The van der Waals surface area contributed by atoms with Crippen molar-refractivity contribution in [2.24, 2.45) is 0 Å². The Kier molecular flexibility index (Phi) is 4.63. The zero-order valence-electron chi connectivity index (χ0n) is 13.7. The van der Waals surface area contributed by atoms with E-state index in [1.165, 1.54) is 0 Å². The van der Waals surface area contributed by atoms with E-state index in [-0.39, 0.29) is 5.78 Å². The summed E-state index contributed by atoms with van der Waals surface area (Å²) in [4.78, 5) is 16.9. The zero-order chi connectivity index (χ0) is 16.2. The van der Waals surface area contributed by atoms with Crippen LogP contribution in [0.25, 0.3) is 0 Å². The van der Waals surface area contributed by atoms with Gasteiger partial charge in [0, 0.05) is 49.7 Å². The molecule has 1 saturated heterocycles. The average Bonchev–Trinajstić information content (AvgIpc) is 2.62. The Labute approximate surface area is 137 Å². The van der Waals surface area contributed by atoms with Gasteiger partial charge in [-0.3, -0.25) is 4.79 Å². The minimum atomic E-state index is 0.0591. The molecule has 0 saturated carbocycles. The average molecular weight is 310 g/mol. The highest BCUT2D eigenvalue weighted by Gasteiger charge is 2.13. The lowest BCUT2D eigenvalue weighted by Gasteiger charge is -2.28. The molecule has 1 aliphatic rings. The van der Waals surface area contributed by atoms with Gasteiger partial charge in [0.1, 0.15) is 0 Å². The molecular formula is C19H22N2O2. The lowest BCUT2D eigenvalue weighted by molar-refractivity contribution is 0.103. The van der Waals surface area contributed by atoms with Gasteiger partial charge in [-0.25, -0.2) is 0 Å². The second kappa shape index (κ2) is 6.84. The molecule has 0 unspecified atom stereocenters. The predicted octanol–water partition coefficient (Wildman–Crippen LogP) is 2.82. The lowest BCUT2D eigenvalue weighted by Crippen LogP contribution is -2.36. The molecule has 0 radical (unpaired) electrons. The summed E-state index contributed by atoms with van der Waals surface area (Å²) in [6.45, 7) is 3.33. The fourth-order valence-corrected chi connectivity index (χ4v) is 2.72. The first kappa shape index (κ1) is 15.6. The van der Waals surface area contributed by atoms with Crippen molar-refractivity contribution in [1.82, 2.24) is 0 Å². The standard InChI is InChI=1S/C19H22N2O2/c1-20(2)17-7-3-15(4-8-17)19(22)16-5-9-18(10-6-16)21-11-13-23-14-12-21/h3-10H,11-14H2,1-2H3. The van der Waals surface area contributed by atoms with Crippen molar-refractivity contribution in [3.8, 4) is 0 Å². The molecule has 0 bridgehead atoms. The SMILES string of the molecule is CN(C)c1ccc(C(=O)c2ccc(N3CCOCC3)cc2)cc1. The molecule has 1 fully saturated rings. The predicted molar refractivity (Wildman–Crippen MR) is 93.7 cm³/mol. The van der Waals surface area contributed by atoms with Crippen molar-refractivity contribution in [3.63, 3.8) is 0 Å². The molecule has 2 aromatic rings. The quantitative estimate of drug-likeness (QED) is 0.813. The summed E-state index contributed by atoms with van der Waals surface area (Å²) in [7, 11) is 3.97. The van der Waals surface area contributed by atoms with Crippen LogP contribution in [-0.4, -0.2) is 46.2 Å². The van der Waals surface area contributed by atoms with Crippen molar-refractivity contribution >= 4 is 17.2 Å². The van der Waals surface area contributed by atoms with E-state index >= 15 is 0 Å². The highest BCUT2D eigenvalue weighted by atomic mass is 16.5. The zero-order valence-corrected chi connectivity index (χ0v) is 13.7. The van der Waals surface area contributed by atoms with Crippen LogP contribution in [0.3, 0.4) is 0 Å². The summed E-state index contributed by atoms with van der Waals surface area (Å²) >= 11 is 0. The van der Waals surface area contributed by atoms with Gasteiger partial charge in [-0.05, 0) is 48.5 Å². The minimum Gasteiger partial charge on any atom is -0.378 e. The van der Waals surface area contributed by atoms with E-state index < -0.39 is 0 Å². The second-order valence-corrected chi connectivity index (χ2v) is 5.92. The van der Waals surface area contributed by atoms with Crippen LogP contribution in [0, 0.1) is 0 Å². The third kappa shape index (κ3) is 3.54. The van der Waals surface area contributed by atoms with E-state index in [2.05, 4.69) is 4.90 Å². The third-order valence-corrected chi connectivity index (χ3v) is 4.15. The van der Waals surface area contributed by atoms with E-state index in [1.54, 1.807) is 0 Å². The number of anilines is 2. The van der Waals surface area contributed by atoms with Crippen molar-refractivity contribution in [3.05, 3.63) is 59.7 Å². The van der Waals surface area contributed by atoms with Gasteiger partial charge in [0.15, 0.2) is 5.78 Å². The summed E-state index contributed by atoms with van der Waals surface area (Å²) in [6, 6.07) is 15.6. The van der Waals surface area contributed by atoms with Gasteiger partial charge in [0.05, 0.1) is 13.2 Å². The molecule has 0 amide bonds. The molecule has 3 rings (SSSR count). The largest absolute Gasteiger partial charge is 0.378 e. The first-order chi connectivity index (χ1) is 11.1. The molecule has 0 spiro atoms. The van der Waals surface area contributed by atoms with Gasteiger partial charge < -0.3 is 14.5 Å². The Balaban J connectivity index is 1.74. The number of morpholine rings is 1. The first-order valence-electron chi connectivity index (χ1n) is 7.90. The Morgan fingerprint density at radius 1 is 0.913 bits per heavy atom. The number of carbonyl (C=O) groups excluding carboxylic acids is 1. The van der Waals surface area contributed by atoms with Gasteiger partial charge in [-0.2, -0.15) is 0 Å². The van der Waals surface area contributed by atoms with Crippen LogP contribution in [0.5, 0.6) is 0 Å². The molecule has 0 aliphatic carbocycles. The van der Waals surface area contributed by atoms with Gasteiger partial charge in [0.2, 0.25) is 0 Å². The van der Waals surface area contributed by atoms with Crippen LogP contribution in [0.2, 0.25) is 0 Å². The number of nitrogens with zero attached hydrogens (tertiary/aromatic N) is 2. The van der Waals surface area contributed by atoms with E-state index in [9.17, 15) is 4.79 Å². The normalized spacial score (nSPS) is 14.6. The van der Waals surface area contributed by atoms with Gasteiger partial charge in [0.25, 0.3) is 0 Å². The topological polar surface area (TPSA) is 32.8 Å². The van der Waals surface area contributed by atoms with Crippen LogP contribution < -0.4 is 9.80 Å². The first-order valence-corrected chi connectivity index (χ1v) is 7.90. The van der Waals surface area contributed by atoms with Crippen LogP contribution in [0.1, 0.15) is 15.9 Å². The molecule has 23 heavy (non-hydrogen) atoms. The summed E-state index contributed by atoms with van der Waals surface area (Å²) in [5.41, 5.74) is 3.67. The molecule has 1 aliphatic heterocycles. The molecule has 0 N–H and O–H groups in total. The number of ketones is 1. The minimum absolute atomic E-state index is 0.0591. The van der Waals surface area contributed by atoms with Crippen molar-refractivity contribution in [2.45, 2.75) is 0 Å². The highest BCUT2D eigenvalue weighted by Crippen LogP contribution is 2.20. The fraction of sp³-hybridized carbons (Fsp3) is 0.316. The molecule has 1 heterocycles. The molecule has 120 valence electrons. The smallest absolute Gasteiger partial charge is 0.193 e. The Morgan fingerprint density at radius 3 is 1.96 bits per heavy atom. The Bertz CT molecular complexity index is 657. The van der Waals surface area contributed by atoms with Gasteiger partial charge in [-0.15, -0.1) is 0 Å². The summed E-state index contributed by atoms with van der Waals surface area (Å²) < 4.78 is 5.37. The monoisotopic (exact) mass is 310 g/mol. The third-order valence-electron chi connectivity index (χ3n) is 4.15. The van der Waals surface area contributed by atoms with E-state index in [4.69, 9.17) is 4.74 Å². The maximum atomic E-state index is 12.6. The number of benzene rings is 2. The summed E-state index contributed by atoms with van der Waals surface area (Å²) in [5.74, 6) is 0.0591. The van der Waals surface area contributed by atoms with Crippen molar-refractivity contribution < 1.29 is 9.53 Å². The van der Waals surface area contributed by atoms with E-state index in [0.29, 0.717) is 0 Å². The number of rotatable bonds is 4. The maximum absolute atomic E-state index is 12.6. The van der Waals surface area contributed by atoms with Crippen LogP contribution in [-0.2, 0) is 4.74 Å². The van der Waals surface area contributed by atoms with E-state index in [0.717, 1.165) is 48.8 Å². The molecule has 2 aromatic carbocycles. The second-order valence-electron chi connectivity index (χ2n) is 5.92. The molecule has 0 aromatic heterocycles. The maximum Gasteiger partial charge on any atom is 0.193 e. The summed E-state index contributed by atoms with van der Waals surface area (Å²) in [6.07, 6.45) is 0. The number of hydrogen-bond donors (Lipinski definition) is 0. The van der Waals surface area contributed by atoms with Crippen LogP contribution >= 0.6 is 0 Å². The lowest BCUT2D eigenvalue weighted by atomic mass is 10.0. The number of carbonyl (C=O) groups is 1. The van der Waals surface area contributed by atoms with E-state index in [1.807, 2.05) is 67.5 Å². The Morgan fingerprint density at radius 2 is 1.43 bits per heavy atom. The molecule has 4 nitrogen and oxygen atoms in total.